The van der Waals surface area contributed by atoms with E-state index >= 15 is 0 Å². The number of hydrogen-bond donors (Lipinski definition) is 1. The van der Waals surface area contributed by atoms with Gasteiger partial charge in [-0.1, -0.05) is 26.6 Å². The van der Waals surface area contributed by atoms with Crippen LogP contribution in [0.25, 0.3) is 0 Å². The number of nitrogens with two attached hydrogens (primary N) is 1. The Bertz CT molecular complexity index is 660. The zero-order chi connectivity index (χ0) is 18.5. The van der Waals surface area contributed by atoms with Crippen LogP contribution in [0.2, 0.25) is 25.7 Å². The molecule has 0 aliphatic rings. The third-order valence-electron chi connectivity index (χ3n) is 3.70. The van der Waals surface area contributed by atoms with Crippen molar-refractivity contribution in [3.05, 3.63) is 23.5 Å². The fourth-order valence-corrected chi connectivity index (χ4v) is 4.37. The quantitative estimate of drug-likeness (QED) is 0.309. The smallest absolute Gasteiger partial charge is 0.237 e. The fourth-order valence-electron chi connectivity index (χ4n) is 2.15. The molecule has 5 nitrogen and oxygen atoms in total. The average Bonchev–Trinajstić information content (AvgIpc) is 2.45. The molecule has 24 heavy (non-hydrogen) atoms. The van der Waals surface area contributed by atoms with E-state index in [4.69, 9.17) is 10.5 Å². The lowest BCUT2D eigenvalue weighted by atomic mass is 10.1. The van der Waals surface area contributed by atoms with Crippen LogP contribution in [0.5, 0.6) is 0 Å². The van der Waals surface area contributed by atoms with Gasteiger partial charge in [0.15, 0.2) is 0 Å². The lowest BCUT2D eigenvalue weighted by molar-refractivity contribution is 0.156. The number of nitrogens with zero attached hydrogens (tertiary/aromatic N) is 1. The van der Waals surface area contributed by atoms with Gasteiger partial charge in [0, 0.05) is 14.7 Å². The molecule has 1 aromatic rings. The molecule has 0 aliphatic carbocycles. The van der Waals surface area contributed by atoms with E-state index in [9.17, 15) is 12.8 Å². The van der Waals surface area contributed by atoms with E-state index in [0.717, 1.165) is 6.04 Å². The molecule has 1 aromatic carbocycles. The molecule has 0 aliphatic heterocycles. The van der Waals surface area contributed by atoms with Crippen LogP contribution in [0.4, 0.5) is 15.8 Å². The highest BCUT2D eigenvalue weighted by Gasteiger charge is 2.25. The molecular formula is C16H29FN2O3SSi. The lowest BCUT2D eigenvalue weighted by Crippen LogP contribution is -2.36. The maximum atomic E-state index is 13.6. The Morgan fingerprint density at radius 2 is 1.92 bits per heavy atom. The molecular weight excluding hydrogens is 347 g/mol. The summed E-state index contributed by atoms with van der Waals surface area (Å²) >= 11 is 0. The summed E-state index contributed by atoms with van der Waals surface area (Å²) in [6.07, 6.45) is 0.490. The van der Waals surface area contributed by atoms with Gasteiger partial charge in [-0.05, 0) is 37.1 Å². The van der Waals surface area contributed by atoms with Crippen LogP contribution in [0.3, 0.4) is 0 Å². The summed E-state index contributed by atoms with van der Waals surface area (Å²) in [5.41, 5.74) is 6.46. The van der Waals surface area contributed by atoms with Crippen LogP contribution in [-0.2, 0) is 14.8 Å². The van der Waals surface area contributed by atoms with Gasteiger partial charge in [0.1, 0.15) is 12.5 Å². The first-order chi connectivity index (χ1) is 11.0. The highest BCUT2D eigenvalue weighted by atomic mass is 32.2. The second-order valence-electron chi connectivity index (χ2n) is 7.12. The number of sulfonamides is 1. The summed E-state index contributed by atoms with van der Waals surface area (Å²) in [6.45, 7) is 10.5. The molecule has 0 radical (unpaired) electrons. The summed E-state index contributed by atoms with van der Waals surface area (Å²) in [5.74, 6) is -0.551. The molecule has 0 amide bonds. The van der Waals surface area contributed by atoms with E-state index in [0.29, 0.717) is 24.3 Å². The van der Waals surface area contributed by atoms with Crippen LogP contribution >= 0.6 is 0 Å². The first kappa shape index (κ1) is 20.9. The molecule has 0 bridgehead atoms. The number of halogens is 1. The Balaban J connectivity index is 3.05. The van der Waals surface area contributed by atoms with E-state index in [-0.39, 0.29) is 18.2 Å². The molecule has 138 valence electrons. The van der Waals surface area contributed by atoms with Crippen molar-refractivity contribution in [1.29, 1.82) is 0 Å². The summed E-state index contributed by atoms with van der Waals surface area (Å²) in [7, 11) is -4.81. The van der Waals surface area contributed by atoms with Crippen LogP contribution < -0.4 is 10.0 Å². The zero-order valence-electron chi connectivity index (χ0n) is 15.2. The van der Waals surface area contributed by atoms with Gasteiger partial charge < -0.3 is 10.5 Å². The van der Waals surface area contributed by atoms with Crippen molar-refractivity contribution in [2.24, 2.45) is 0 Å². The van der Waals surface area contributed by atoms with Crippen molar-refractivity contribution in [3.8, 4) is 0 Å². The van der Waals surface area contributed by atoms with Gasteiger partial charge >= 0.3 is 0 Å². The predicted molar refractivity (Wildman–Crippen MR) is 101 cm³/mol. The van der Waals surface area contributed by atoms with Crippen molar-refractivity contribution >= 4 is 29.5 Å². The second-order valence-corrected chi connectivity index (χ2v) is 14.8. The molecule has 0 saturated heterocycles. The Kier molecular flexibility index (Phi) is 7.24. The number of ether oxygens (including phenoxy) is 1. The Labute approximate surface area is 146 Å². The van der Waals surface area contributed by atoms with Crippen LogP contribution in [0.1, 0.15) is 18.9 Å². The van der Waals surface area contributed by atoms with E-state index < -0.39 is 23.9 Å². The molecule has 8 heteroatoms. The fraction of sp³-hybridized carbons (Fsp3) is 0.625. The third kappa shape index (κ3) is 5.75. The number of anilines is 2. The van der Waals surface area contributed by atoms with Gasteiger partial charge in [-0.2, -0.15) is 0 Å². The Morgan fingerprint density at radius 1 is 1.29 bits per heavy atom. The molecule has 0 atom stereocenters. The minimum Gasteiger partial charge on any atom is -0.396 e. The van der Waals surface area contributed by atoms with Gasteiger partial charge in [-0.15, -0.1) is 0 Å². The Morgan fingerprint density at radius 3 is 2.46 bits per heavy atom. The monoisotopic (exact) mass is 376 g/mol. The van der Waals surface area contributed by atoms with Gasteiger partial charge in [0.05, 0.1) is 17.1 Å². The first-order valence-corrected chi connectivity index (χ1v) is 13.4. The first-order valence-electron chi connectivity index (χ1n) is 8.12. The molecule has 0 spiro atoms. The molecule has 1 rings (SSSR count). The SMILES string of the molecule is CCCS(=O)(=O)N(COCC[Si](C)(C)C)c1ccc(F)c(N)c1C. The number of benzene rings is 1. The lowest BCUT2D eigenvalue weighted by Gasteiger charge is -2.27. The largest absolute Gasteiger partial charge is 0.396 e. The van der Waals surface area contributed by atoms with E-state index in [2.05, 4.69) is 19.6 Å². The van der Waals surface area contributed by atoms with E-state index in [1.807, 2.05) is 0 Å². The topological polar surface area (TPSA) is 72.6 Å². The highest BCUT2D eigenvalue weighted by molar-refractivity contribution is 7.92. The van der Waals surface area contributed by atoms with E-state index in [1.165, 1.54) is 16.4 Å². The summed E-state index contributed by atoms with van der Waals surface area (Å²) in [5, 5.41) is 0. The molecule has 0 heterocycles. The van der Waals surface area contributed by atoms with Crippen molar-refractivity contribution in [3.63, 3.8) is 0 Å². The van der Waals surface area contributed by atoms with Crippen molar-refractivity contribution < 1.29 is 17.5 Å². The molecule has 2 N–H and O–H groups in total. The number of hydrogen-bond acceptors (Lipinski definition) is 4. The molecule has 0 fully saturated rings. The summed E-state index contributed by atoms with van der Waals surface area (Å²) < 4.78 is 45.6. The van der Waals surface area contributed by atoms with Crippen LogP contribution in [0, 0.1) is 12.7 Å². The number of nitrogen functional groups attached to an aromatic ring is 1. The van der Waals surface area contributed by atoms with Gasteiger partial charge in [0.25, 0.3) is 0 Å². The summed E-state index contributed by atoms with van der Waals surface area (Å²) in [6, 6.07) is 3.57. The standard InChI is InChI=1S/C16H29FN2O3SSi/c1-6-10-23(20,21)19(12-22-9-11-24(3,4)5)15-8-7-14(17)16(18)13(15)2/h7-8H,6,9-12,18H2,1-5H3. The maximum absolute atomic E-state index is 13.6. The number of rotatable bonds is 9. The van der Waals surface area contributed by atoms with E-state index in [1.54, 1.807) is 13.8 Å². The summed E-state index contributed by atoms with van der Waals surface area (Å²) in [4.78, 5) is 0. The van der Waals surface area contributed by atoms with Crippen LogP contribution in [-0.4, -0.2) is 35.6 Å². The molecule has 0 unspecified atom stereocenters. The maximum Gasteiger partial charge on any atom is 0.237 e. The van der Waals surface area contributed by atoms with Gasteiger partial charge in [-0.25, -0.2) is 17.1 Å². The van der Waals surface area contributed by atoms with Crippen molar-refractivity contribution in [2.45, 2.75) is 46.0 Å². The van der Waals surface area contributed by atoms with Gasteiger partial charge in [0.2, 0.25) is 10.0 Å². The average molecular weight is 377 g/mol. The Hall–Kier alpha value is -1.12. The second kappa shape index (κ2) is 8.31. The van der Waals surface area contributed by atoms with Crippen LogP contribution in [0.15, 0.2) is 12.1 Å². The van der Waals surface area contributed by atoms with Crippen molar-refractivity contribution in [1.82, 2.24) is 0 Å². The minimum atomic E-state index is -3.55. The van der Waals surface area contributed by atoms with Gasteiger partial charge in [-0.3, -0.25) is 0 Å². The normalized spacial score (nSPS) is 12.4. The third-order valence-corrected chi connectivity index (χ3v) is 7.31. The van der Waals surface area contributed by atoms with Crippen molar-refractivity contribution in [2.75, 3.05) is 29.1 Å². The molecule has 0 aromatic heterocycles. The minimum absolute atomic E-state index is 0.00109. The zero-order valence-corrected chi connectivity index (χ0v) is 17.0. The predicted octanol–water partition coefficient (Wildman–Crippen LogP) is 3.57. The molecule has 0 saturated carbocycles. The highest BCUT2D eigenvalue weighted by Crippen LogP contribution is 2.29.